The van der Waals surface area contributed by atoms with Gasteiger partial charge in [-0.25, -0.2) is 9.18 Å². The summed E-state index contributed by atoms with van der Waals surface area (Å²) in [4.78, 5) is 25.8. The van der Waals surface area contributed by atoms with E-state index in [1.165, 1.54) is 29.2 Å². The number of hydrogen-bond acceptors (Lipinski definition) is 3. The summed E-state index contributed by atoms with van der Waals surface area (Å²) in [6, 6.07) is 19.2. The lowest BCUT2D eigenvalue weighted by atomic mass is 10.0. The summed E-state index contributed by atoms with van der Waals surface area (Å²) in [5.41, 5.74) is 2.62. The van der Waals surface area contributed by atoms with E-state index in [9.17, 15) is 14.0 Å². The number of benzene rings is 3. The highest BCUT2D eigenvalue weighted by Crippen LogP contribution is 2.36. The number of nitrogens with one attached hydrogen (secondary N) is 1. The van der Waals surface area contributed by atoms with Crippen LogP contribution in [0.2, 0.25) is 0 Å². The largest absolute Gasteiger partial charge is 0.478 e. The molecule has 0 unspecified atom stereocenters. The lowest BCUT2D eigenvalue weighted by molar-refractivity contribution is 0.0696. The van der Waals surface area contributed by atoms with Gasteiger partial charge in [0.15, 0.2) is 0 Å². The van der Waals surface area contributed by atoms with Crippen LogP contribution >= 0.6 is 0 Å². The molecular formula is C21H15FN2O3. The van der Waals surface area contributed by atoms with Crippen LogP contribution in [-0.2, 0) is 0 Å². The lowest BCUT2D eigenvalue weighted by Crippen LogP contribution is -2.43. The van der Waals surface area contributed by atoms with Gasteiger partial charge in [-0.1, -0.05) is 24.3 Å². The second-order valence-electron chi connectivity index (χ2n) is 6.17. The normalized spacial score (nSPS) is 15.8. The van der Waals surface area contributed by atoms with Crippen LogP contribution in [0.15, 0.2) is 72.8 Å². The first kappa shape index (κ1) is 16.8. The first-order chi connectivity index (χ1) is 13.0. The zero-order valence-corrected chi connectivity index (χ0v) is 14.1. The summed E-state index contributed by atoms with van der Waals surface area (Å²) < 4.78 is 13.4. The van der Waals surface area contributed by atoms with Crippen molar-refractivity contribution in [3.63, 3.8) is 0 Å². The number of carbonyl (C=O) groups excluding carboxylic acids is 1. The number of amides is 1. The van der Waals surface area contributed by atoms with E-state index >= 15 is 0 Å². The van der Waals surface area contributed by atoms with Gasteiger partial charge in [0.1, 0.15) is 12.0 Å². The summed E-state index contributed by atoms with van der Waals surface area (Å²) in [7, 11) is 0. The van der Waals surface area contributed by atoms with E-state index in [1.807, 2.05) is 12.1 Å². The van der Waals surface area contributed by atoms with Crippen LogP contribution < -0.4 is 10.2 Å². The standard InChI is InChI=1S/C21H15FN2O3/c22-15-9-11-16(12-10-15)24-19(13-5-7-14(8-6-13)21(26)27)23-18-4-2-1-3-17(18)20(24)25/h1-12,19,23H,(H,26,27)/t19-/m0/s1. The van der Waals surface area contributed by atoms with Crippen molar-refractivity contribution in [2.24, 2.45) is 0 Å². The molecule has 1 atom stereocenters. The molecule has 134 valence electrons. The SMILES string of the molecule is O=C(O)c1ccc([C@H]2Nc3ccccc3C(=O)N2c2ccc(F)cc2)cc1. The van der Waals surface area contributed by atoms with E-state index in [-0.39, 0.29) is 17.3 Å². The van der Waals surface area contributed by atoms with Gasteiger partial charge in [-0.05, 0) is 54.1 Å². The summed E-state index contributed by atoms with van der Waals surface area (Å²) in [5, 5.41) is 12.4. The molecule has 6 heteroatoms. The van der Waals surface area contributed by atoms with Crippen molar-refractivity contribution >= 4 is 23.3 Å². The third-order valence-electron chi connectivity index (χ3n) is 4.50. The molecule has 27 heavy (non-hydrogen) atoms. The fourth-order valence-corrected chi connectivity index (χ4v) is 3.16. The number of para-hydroxylation sites is 1. The zero-order chi connectivity index (χ0) is 19.0. The van der Waals surface area contributed by atoms with Gasteiger partial charge >= 0.3 is 5.97 Å². The van der Waals surface area contributed by atoms with Crippen molar-refractivity contribution in [3.8, 4) is 0 Å². The number of nitrogens with zero attached hydrogens (tertiary/aromatic N) is 1. The second kappa shape index (κ2) is 6.57. The minimum absolute atomic E-state index is 0.162. The molecule has 3 aromatic rings. The minimum Gasteiger partial charge on any atom is -0.478 e. The highest BCUT2D eigenvalue weighted by Gasteiger charge is 2.34. The summed E-state index contributed by atoms with van der Waals surface area (Å²) in [6.45, 7) is 0. The summed E-state index contributed by atoms with van der Waals surface area (Å²) in [6.07, 6.45) is -0.555. The van der Waals surface area contributed by atoms with Gasteiger partial charge in [0.2, 0.25) is 0 Å². The van der Waals surface area contributed by atoms with E-state index in [4.69, 9.17) is 5.11 Å². The molecule has 0 saturated heterocycles. The highest BCUT2D eigenvalue weighted by atomic mass is 19.1. The molecule has 0 saturated carbocycles. The fraction of sp³-hybridized carbons (Fsp3) is 0.0476. The van der Waals surface area contributed by atoms with Crippen LogP contribution in [0.25, 0.3) is 0 Å². The van der Waals surface area contributed by atoms with E-state index in [2.05, 4.69) is 5.32 Å². The van der Waals surface area contributed by atoms with E-state index in [0.717, 1.165) is 0 Å². The number of hydrogen-bond donors (Lipinski definition) is 2. The summed E-state index contributed by atoms with van der Waals surface area (Å²) >= 11 is 0. The predicted molar refractivity (Wildman–Crippen MR) is 99.4 cm³/mol. The Labute approximate surface area is 154 Å². The van der Waals surface area contributed by atoms with E-state index < -0.39 is 12.1 Å². The maximum atomic E-state index is 13.4. The number of carbonyl (C=O) groups is 2. The Hall–Kier alpha value is -3.67. The Morgan fingerprint density at radius 2 is 1.63 bits per heavy atom. The van der Waals surface area contributed by atoms with Crippen LogP contribution in [0.3, 0.4) is 0 Å². The molecule has 0 spiro atoms. The van der Waals surface area contributed by atoms with Gasteiger partial charge in [0, 0.05) is 11.4 Å². The maximum absolute atomic E-state index is 13.4. The number of halogens is 1. The number of carboxylic acids is 1. The maximum Gasteiger partial charge on any atom is 0.335 e. The van der Waals surface area contributed by atoms with Crippen molar-refractivity contribution in [2.45, 2.75) is 6.17 Å². The smallest absolute Gasteiger partial charge is 0.335 e. The van der Waals surface area contributed by atoms with Gasteiger partial charge in [-0.2, -0.15) is 0 Å². The molecule has 2 N–H and O–H groups in total. The van der Waals surface area contributed by atoms with E-state index in [1.54, 1.807) is 36.4 Å². The fourth-order valence-electron chi connectivity index (χ4n) is 3.16. The third-order valence-corrected chi connectivity index (χ3v) is 4.50. The Balaban J connectivity index is 1.82. The molecule has 0 aromatic heterocycles. The van der Waals surface area contributed by atoms with Crippen LogP contribution in [0.1, 0.15) is 32.4 Å². The van der Waals surface area contributed by atoms with E-state index in [0.29, 0.717) is 22.5 Å². The Bertz CT molecular complexity index is 1020. The molecule has 3 aromatic carbocycles. The van der Waals surface area contributed by atoms with Crippen molar-refractivity contribution < 1.29 is 19.1 Å². The van der Waals surface area contributed by atoms with Crippen molar-refractivity contribution in [2.75, 3.05) is 10.2 Å². The molecule has 0 radical (unpaired) electrons. The topological polar surface area (TPSA) is 69.6 Å². The average Bonchev–Trinajstić information content (AvgIpc) is 2.69. The Kier molecular flexibility index (Phi) is 4.08. The molecule has 1 aliphatic heterocycles. The Morgan fingerprint density at radius 1 is 0.963 bits per heavy atom. The molecule has 1 heterocycles. The van der Waals surface area contributed by atoms with Crippen molar-refractivity contribution in [1.29, 1.82) is 0 Å². The molecule has 0 bridgehead atoms. The summed E-state index contributed by atoms with van der Waals surface area (Å²) in [5.74, 6) is -1.63. The van der Waals surface area contributed by atoms with Crippen molar-refractivity contribution in [1.82, 2.24) is 0 Å². The number of aromatic carboxylic acids is 1. The molecule has 4 rings (SSSR count). The highest BCUT2D eigenvalue weighted by molar-refractivity contribution is 6.12. The van der Waals surface area contributed by atoms with Gasteiger partial charge in [-0.3, -0.25) is 9.69 Å². The molecule has 0 aliphatic carbocycles. The number of anilines is 2. The Morgan fingerprint density at radius 3 is 2.30 bits per heavy atom. The molecule has 5 nitrogen and oxygen atoms in total. The second-order valence-corrected chi connectivity index (χ2v) is 6.17. The average molecular weight is 362 g/mol. The van der Waals surface area contributed by atoms with Crippen LogP contribution in [-0.4, -0.2) is 17.0 Å². The molecule has 1 amide bonds. The quantitative estimate of drug-likeness (QED) is 0.729. The van der Waals surface area contributed by atoms with Crippen molar-refractivity contribution in [3.05, 3.63) is 95.3 Å². The van der Waals surface area contributed by atoms with Gasteiger partial charge < -0.3 is 10.4 Å². The van der Waals surface area contributed by atoms with Gasteiger partial charge in [-0.15, -0.1) is 0 Å². The minimum atomic E-state index is -1.02. The first-order valence-electron chi connectivity index (χ1n) is 8.32. The predicted octanol–water partition coefficient (Wildman–Crippen LogP) is 4.30. The van der Waals surface area contributed by atoms with Gasteiger partial charge in [0.25, 0.3) is 5.91 Å². The number of carboxylic acid groups (broad SMARTS) is 1. The molecule has 1 aliphatic rings. The van der Waals surface area contributed by atoms with Crippen LogP contribution in [0.4, 0.5) is 15.8 Å². The van der Waals surface area contributed by atoms with Crippen LogP contribution in [0.5, 0.6) is 0 Å². The zero-order valence-electron chi connectivity index (χ0n) is 14.1. The van der Waals surface area contributed by atoms with Crippen LogP contribution in [0, 0.1) is 5.82 Å². The number of rotatable bonds is 3. The number of fused-ring (bicyclic) bond motifs is 1. The molecular weight excluding hydrogens is 347 g/mol. The monoisotopic (exact) mass is 362 g/mol. The third kappa shape index (κ3) is 3.01. The lowest BCUT2D eigenvalue weighted by Gasteiger charge is -2.38. The van der Waals surface area contributed by atoms with Gasteiger partial charge in [0.05, 0.1) is 11.1 Å². The first-order valence-corrected chi connectivity index (χ1v) is 8.32. The molecule has 0 fully saturated rings.